The topological polar surface area (TPSA) is 76.1 Å². The smallest absolute Gasteiger partial charge is 0.414 e. The van der Waals surface area contributed by atoms with Gasteiger partial charge in [-0.15, -0.1) is 0 Å². The summed E-state index contributed by atoms with van der Waals surface area (Å²) < 4.78 is 35.7. The third-order valence-corrected chi connectivity index (χ3v) is 5.28. The molecule has 3 rings (SSSR count). The molecule has 0 radical (unpaired) electrons. The van der Waals surface area contributed by atoms with E-state index in [0.29, 0.717) is 24.4 Å². The number of methoxy groups -OCH3 is 1. The van der Waals surface area contributed by atoms with Crippen molar-refractivity contribution in [2.24, 2.45) is 0 Å². The fraction of sp³-hybridized carbons (Fsp3) is 0.500. The zero-order valence-electron chi connectivity index (χ0n) is 12.5. The van der Waals surface area contributed by atoms with Gasteiger partial charge in [0, 0.05) is 13.1 Å². The van der Waals surface area contributed by atoms with Gasteiger partial charge < -0.3 is 9.47 Å². The zero-order chi connectivity index (χ0) is 15.9. The van der Waals surface area contributed by atoms with E-state index in [2.05, 4.69) is 0 Å². The van der Waals surface area contributed by atoms with Gasteiger partial charge in [0.2, 0.25) is 10.0 Å². The second-order valence-electron chi connectivity index (χ2n) is 5.48. The molecule has 0 aliphatic carbocycles. The maximum absolute atomic E-state index is 12.0. The Balaban J connectivity index is 2.09. The van der Waals surface area contributed by atoms with Crippen LogP contribution in [0.2, 0.25) is 0 Å². The molecule has 2 aliphatic heterocycles. The van der Waals surface area contributed by atoms with Crippen LogP contribution < -0.4 is 9.64 Å². The molecule has 0 N–H and O–H groups in total. The number of hydrogen-bond donors (Lipinski definition) is 0. The van der Waals surface area contributed by atoms with Crippen LogP contribution in [0.4, 0.5) is 10.5 Å². The van der Waals surface area contributed by atoms with Gasteiger partial charge >= 0.3 is 6.09 Å². The lowest BCUT2D eigenvalue weighted by molar-refractivity contribution is 0.178. The van der Waals surface area contributed by atoms with Crippen molar-refractivity contribution in [2.45, 2.75) is 19.0 Å². The number of benzene rings is 1. The summed E-state index contributed by atoms with van der Waals surface area (Å²) in [5.41, 5.74) is 1.41. The molecular weight excluding hydrogens is 308 g/mol. The Hall–Kier alpha value is -1.80. The molecule has 1 aromatic rings. The van der Waals surface area contributed by atoms with Crippen LogP contribution in [0.25, 0.3) is 0 Å². The summed E-state index contributed by atoms with van der Waals surface area (Å²) in [5.74, 6) is 0.622. The highest BCUT2D eigenvalue weighted by Gasteiger charge is 2.38. The lowest BCUT2D eigenvalue weighted by Crippen LogP contribution is -2.41. The highest BCUT2D eigenvalue weighted by atomic mass is 32.2. The molecule has 1 amide bonds. The third-order valence-electron chi connectivity index (χ3n) is 4.03. The molecule has 0 spiro atoms. The van der Waals surface area contributed by atoms with Gasteiger partial charge in [-0.2, -0.15) is 4.31 Å². The van der Waals surface area contributed by atoms with Gasteiger partial charge in [0.1, 0.15) is 12.4 Å². The zero-order valence-corrected chi connectivity index (χ0v) is 13.3. The fourth-order valence-corrected chi connectivity index (χ4v) is 3.67. The van der Waals surface area contributed by atoms with Gasteiger partial charge in [-0.3, -0.25) is 4.90 Å². The SMILES string of the molecule is COc1ccc2c(c1)CN(S(C)(=O)=O)CC[C@H]1COC(=O)N21. The van der Waals surface area contributed by atoms with Crippen molar-refractivity contribution < 1.29 is 22.7 Å². The minimum absolute atomic E-state index is 0.149. The van der Waals surface area contributed by atoms with Crippen molar-refractivity contribution in [3.8, 4) is 5.75 Å². The highest BCUT2D eigenvalue weighted by molar-refractivity contribution is 7.88. The molecule has 7 nitrogen and oxygen atoms in total. The van der Waals surface area contributed by atoms with E-state index in [1.165, 1.54) is 10.6 Å². The van der Waals surface area contributed by atoms with Crippen LogP contribution in [0, 0.1) is 0 Å². The minimum Gasteiger partial charge on any atom is -0.497 e. The van der Waals surface area contributed by atoms with E-state index in [4.69, 9.17) is 9.47 Å². The summed E-state index contributed by atoms with van der Waals surface area (Å²) >= 11 is 0. The first-order valence-corrected chi connectivity index (χ1v) is 8.83. The van der Waals surface area contributed by atoms with Crippen molar-refractivity contribution >= 4 is 21.8 Å². The number of rotatable bonds is 2. The predicted octanol–water partition coefficient (Wildman–Crippen LogP) is 1.19. The number of anilines is 1. The van der Waals surface area contributed by atoms with E-state index in [0.717, 1.165) is 5.56 Å². The summed E-state index contributed by atoms with van der Waals surface area (Å²) in [4.78, 5) is 13.6. The molecule has 1 saturated heterocycles. The number of carbonyl (C=O) groups is 1. The van der Waals surface area contributed by atoms with E-state index in [1.807, 2.05) is 0 Å². The van der Waals surface area contributed by atoms with Crippen LogP contribution in [-0.2, 0) is 21.3 Å². The van der Waals surface area contributed by atoms with Gasteiger partial charge in [0.15, 0.2) is 0 Å². The molecule has 1 atom stereocenters. The van der Waals surface area contributed by atoms with Crippen molar-refractivity contribution in [2.75, 3.05) is 31.4 Å². The average molecular weight is 326 g/mol. The molecule has 0 unspecified atom stereocenters. The van der Waals surface area contributed by atoms with Crippen LogP contribution in [0.15, 0.2) is 18.2 Å². The quantitative estimate of drug-likeness (QED) is 0.816. The summed E-state index contributed by atoms with van der Waals surface area (Å²) in [6, 6.07) is 5.15. The minimum atomic E-state index is -3.32. The van der Waals surface area contributed by atoms with Crippen LogP contribution in [0.1, 0.15) is 12.0 Å². The number of fused-ring (bicyclic) bond motifs is 3. The maximum atomic E-state index is 12.0. The molecule has 22 heavy (non-hydrogen) atoms. The largest absolute Gasteiger partial charge is 0.497 e. The van der Waals surface area contributed by atoms with Gasteiger partial charge in [0.05, 0.1) is 25.1 Å². The Kier molecular flexibility index (Phi) is 3.73. The Labute approximate surface area is 129 Å². The number of carbonyl (C=O) groups excluding carboxylic acids is 1. The van der Waals surface area contributed by atoms with Crippen molar-refractivity contribution in [1.29, 1.82) is 0 Å². The third kappa shape index (κ3) is 2.64. The van der Waals surface area contributed by atoms with Gasteiger partial charge in [-0.25, -0.2) is 13.2 Å². The molecule has 0 aromatic heterocycles. The van der Waals surface area contributed by atoms with Crippen LogP contribution in [0.3, 0.4) is 0 Å². The second-order valence-corrected chi connectivity index (χ2v) is 7.46. The van der Waals surface area contributed by atoms with E-state index in [1.54, 1.807) is 30.2 Å². The van der Waals surface area contributed by atoms with E-state index in [9.17, 15) is 13.2 Å². The first-order chi connectivity index (χ1) is 10.4. The highest BCUT2D eigenvalue weighted by Crippen LogP contribution is 2.34. The number of cyclic esters (lactones) is 1. The molecule has 0 saturated carbocycles. The van der Waals surface area contributed by atoms with Gasteiger partial charge in [0.25, 0.3) is 0 Å². The monoisotopic (exact) mass is 326 g/mol. The normalized spacial score (nSPS) is 22.4. The Bertz CT molecular complexity index is 703. The number of sulfonamides is 1. The molecule has 8 heteroatoms. The molecular formula is C14H18N2O5S. The number of nitrogens with zero attached hydrogens (tertiary/aromatic N) is 2. The lowest BCUT2D eigenvalue weighted by Gasteiger charge is -2.31. The molecule has 1 aromatic carbocycles. The van der Waals surface area contributed by atoms with Crippen LogP contribution >= 0.6 is 0 Å². The van der Waals surface area contributed by atoms with Gasteiger partial charge in [-0.1, -0.05) is 0 Å². The summed E-state index contributed by atoms with van der Waals surface area (Å²) in [5, 5.41) is 0. The van der Waals surface area contributed by atoms with E-state index in [-0.39, 0.29) is 25.3 Å². The number of amides is 1. The van der Waals surface area contributed by atoms with Crippen LogP contribution in [0.5, 0.6) is 5.75 Å². The lowest BCUT2D eigenvalue weighted by atomic mass is 10.1. The standard InChI is InChI=1S/C14H18N2O5S/c1-20-12-3-4-13-10(7-12)8-15(22(2,18)19)6-5-11-9-21-14(17)16(11)13/h3-4,7,11H,5-6,8-9H2,1-2H3/t11-/m0/s1. The Morgan fingerprint density at radius 3 is 2.82 bits per heavy atom. The molecule has 2 aliphatic rings. The van der Waals surface area contributed by atoms with Crippen molar-refractivity contribution in [3.63, 3.8) is 0 Å². The summed E-state index contributed by atoms with van der Waals surface area (Å²) in [6.07, 6.45) is 1.36. The number of hydrogen-bond acceptors (Lipinski definition) is 5. The predicted molar refractivity (Wildman–Crippen MR) is 80.5 cm³/mol. The van der Waals surface area contributed by atoms with Crippen molar-refractivity contribution in [1.82, 2.24) is 4.31 Å². The van der Waals surface area contributed by atoms with Gasteiger partial charge in [-0.05, 0) is 30.2 Å². The fourth-order valence-electron chi connectivity index (χ4n) is 2.86. The average Bonchev–Trinajstić information content (AvgIpc) is 2.79. The van der Waals surface area contributed by atoms with Crippen LogP contribution in [-0.4, -0.2) is 51.4 Å². The first-order valence-electron chi connectivity index (χ1n) is 6.98. The van der Waals surface area contributed by atoms with E-state index >= 15 is 0 Å². The molecule has 1 fully saturated rings. The summed E-state index contributed by atoms with van der Waals surface area (Å²) in [6.45, 7) is 0.844. The second kappa shape index (κ2) is 5.44. The maximum Gasteiger partial charge on any atom is 0.414 e. The molecule has 0 bridgehead atoms. The van der Waals surface area contributed by atoms with Crippen molar-refractivity contribution in [3.05, 3.63) is 23.8 Å². The number of ether oxygens (including phenoxy) is 2. The first kappa shape index (κ1) is 15.1. The van der Waals surface area contributed by atoms with E-state index < -0.39 is 10.0 Å². The molecule has 2 heterocycles. The molecule has 120 valence electrons. The summed E-state index contributed by atoms with van der Waals surface area (Å²) in [7, 11) is -1.77. The Morgan fingerprint density at radius 2 is 2.14 bits per heavy atom. The Morgan fingerprint density at radius 1 is 1.36 bits per heavy atom.